The summed E-state index contributed by atoms with van der Waals surface area (Å²) in [6.45, 7) is 5.12. The Kier molecular flexibility index (Phi) is 6.74. The number of rotatable bonds is 9. The normalized spacial score (nSPS) is 11.5. The Labute approximate surface area is 169 Å². The topological polar surface area (TPSA) is 74.1 Å². The molecule has 1 aromatic heterocycles. The lowest BCUT2D eigenvalue weighted by Crippen LogP contribution is -2.11. The highest BCUT2D eigenvalue weighted by atomic mass is 32.2. The molecule has 0 unspecified atom stereocenters. The standard InChI is InChI=1S/C20H23N3O3S2/c1-3-23-19(15-28(24,25)18-7-5-4-6-8-18)21-22-20(23)27-14-13-26-17-11-9-16(2)10-12-17/h4-12H,3,13-15H2,1-2H3. The third-order valence-electron chi connectivity index (χ3n) is 4.14. The Balaban J connectivity index is 1.61. The van der Waals surface area contributed by atoms with E-state index in [1.165, 1.54) is 17.3 Å². The molecule has 0 amide bonds. The first-order valence-corrected chi connectivity index (χ1v) is 11.7. The number of benzene rings is 2. The number of aryl methyl sites for hydroxylation is 1. The molecule has 28 heavy (non-hydrogen) atoms. The molecule has 3 rings (SSSR count). The fourth-order valence-corrected chi connectivity index (χ4v) is 4.79. The van der Waals surface area contributed by atoms with Gasteiger partial charge in [0.05, 0.1) is 11.5 Å². The molecule has 0 saturated heterocycles. The van der Waals surface area contributed by atoms with E-state index in [9.17, 15) is 8.42 Å². The molecule has 0 aliphatic rings. The predicted molar refractivity (Wildman–Crippen MR) is 110 cm³/mol. The maximum atomic E-state index is 12.6. The summed E-state index contributed by atoms with van der Waals surface area (Å²) >= 11 is 1.51. The highest BCUT2D eigenvalue weighted by Gasteiger charge is 2.20. The molecule has 2 aromatic carbocycles. The summed E-state index contributed by atoms with van der Waals surface area (Å²) in [5.74, 6) is 1.81. The van der Waals surface area contributed by atoms with Gasteiger partial charge in [0, 0.05) is 12.3 Å². The molecule has 8 heteroatoms. The monoisotopic (exact) mass is 417 g/mol. The third kappa shape index (κ3) is 5.14. The number of nitrogens with zero attached hydrogens (tertiary/aromatic N) is 3. The van der Waals surface area contributed by atoms with Crippen molar-refractivity contribution < 1.29 is 13.2 Å². The van der Waals surface area contributed by atoms with E-state index in [4.69, 9.17) is 4.74 Å². The summed E-state index contributed by atoms with van der Waals surface area (Å²) in [5, 5.41) is 9.00. The lowest BCUT2D eigenvalue weighted by molar-refractivity contribution is 0.343. The zero-order valence-corrected chi connectivity index (χ0v) is 17.5. The summed E-state index contributed by atoms with van der Waals surface area (Å²) in [6.07, 6.45) is 0. The van der Waals surface area contributed by atoms with Crippen LogP contribution in [0, 0.1) is 6.92 Å². The van der Waals surface area contributed by atoms with Crippen LogP contribution in [-0.2, 0) is 22.1 Å². The van der Waals surface area contributed by atoms with Crippen molar-refractivity contribution in [1.82, 2.24) is 14.8 Å². The van der Waals surface area contributed by atoms with Crippen molar-refractivity contribution in [3.05, 3.63) is 66.0 Å². The molecule has 148 valence electrons. The van der Waals surface area contributed by atoms with Gasteiger partial charge >= 0.3 is 0 Å². The molecule has 0 atom stereocenters. The highest BCUT2D eigenvalue weighted by Crippen LogP contribution is 2.21. The van der Waals surface area contributed by atoms with E-state index in [1.807, 2.05) is 42.7 Å². The van der Waals surface area contributed by atoms with Gasteiger partial charge in [0.25, 0.3) is 0 Å². The minimum absolute atomic E-state index is 0.168. The Morgan fingerprint density at radius 3 is 2.43 bits per heavy atom. The van der Waals surface area contributed by atoms with Crippen molar-refractivity contribution in [1.29, 1.82) is 0 Å². The Bertz CT molecular complexity index is 1000. The number of thioether (sulfide) groups is 1. The molecular weight excluding hydrogens is 394 g/mol. The predicted octanol–water partition coefficient (Wildman–Crippen LogP) is 3.75. The quantitative estimate of drug-likeness (QED) is 0.390. The molecule has 0 radical (unpaired) electrons. The van der Waals surface area contributed by atoms with Gasteiger partial charge in [0.1, 0.15) is 17.3 Å². The molecule has 1 heterocycles. The lowest BCUT2D eigenvalue weighted by Gasteiger charge is -2.09. The molecule has 0 N–H and O–H groups in total. The van der Waals surface area contributed by atoms with Gasteiger partial charge in [0.2, 0.25) is 0 Å². The molecule has 0 saturated carbocycles. The van der Waals surface area contributed by atoms with E-state index in [-0.39, 0.29) is 5.75 Å². The van der Waals surface area contributed by atoms with E-state index in [0.29, 0.717) is 34.8 Å². The van der Waals surface area contributed by atoms with Crippen LogP contribution in [0.4, 0.5) is 0 Å². The summed E-state index contributed by atoms with van der Waals surface area (Å²) in [7, 11) is -3.45. The second-order valence-electron chi connectivity index (χ2n) is 6.23. The number of aromatic nitrogens is 3. The van der Waals surface area contributed by atoms with Gasteiger partial charge in [-0.1, -0.05) is 47.7 Å². The first-order valence-electron chi connectivity index (χ1n) is 9.02. The van der Waals surface area contributed by atoms with Crippen LogP contribution in [0.5, 0.6) is 5.75 Å². The zero-order chi connectivity index (χ0) is 20.0. The number of sulfone groups is 1. The summed E-state index contributed by atoms with van der Waals surface area (Å²) < 4.78 is 32.8. The lowest BCUT2D eigenvalue weighted by atomic mass is 10.2. The van der Waals surface area contributed by atoms with Crippen LogP contribution in [-0.4, -0.2) is 35.5 Å². The van der Waals surface area contributed by atoms with Crippen LogP contribution in [0.3, 0.4) is 0 Å². The molecule has 0 fully saturated rings. The SMILES string of the molecule is CCn1c(CS(=O)(=O)c2ccccc2)nnc1SCCOc1ccc(C)cc1. The van der Waals surface area contributed by atoms with E-state index in [1.54, 1.807) is 30.3 Å². The van der Waals surface area contributed by atoms with Crippen LogP contribution in [0.2, 0.25) is 0 Å². The second kappa shape index (κ2) is 9.25. The summed E-state index contributed by atoms with van der Waals surface area (Å²) in [4.78, 5) is 0.293. The van der Waals surface area contributed by atoms with Crippen LogP contribution in [0.1, 0.15) is 18.3 Å². The van der Waals surface area contributed by atoms with Gasteiger partial charge in [-0.15, -0.1) is 10.2 Å². The maximum Gasteiger partial charge on any atom is 0.191 e. The molecule has 3 aromatic rings. The van der Waals surface area contributed by atoms with E-state index in [2.05, 4.69) is 10.2 Å². The summed E-state index contributed by atoms with van der Waals surface area (Å²) in [5.41, 5.74) is 1.19. The number of hydrogen-bond donors (Lipinski definition) is 0. The minimum atomic E-state index is -3.45. The largest absolute Gasteiger partial charge is 0.493 e. The van der Waals surface area contributed by atoms with Gasteiger partial charge in [-0.25, -0.2) is 8.42 Å². The molecule has 0 spiro atoms. The fraction of sp³-hybridized carbons (Fsp3) is 0.300. The van der Waals surface area contributed by atoms with Gasteiger partial charge in [-0.3, -0.25) is 0 Å². The minimum Gasteiger partial charge on any atom is -0.493 e. The average molecular weight is 418 g/mol. The number of hydrogen-bond acceptors (Lipinski definition) is 6. The first kappa shape index (κ1) is 20.4. The fourth-order valence-electron chi connectivity index (χ4n) is 2.66. The van der Waals surface area contributed by atoms with Gasteiger partial charge in [-0.05, 0) is 38.1 Å². The zero-order valence-electron chi connectivity index (χ0n) is 15.9. The van der Waals surface area contributed by atoms with Gasteiger partial charge < -0.3 is 9.30 Å². The Morgan fingerprint density at radius 2 is 1.75 bits per heavy atom. The van der Waals surface area contributed by atoms with E-state index < -0.39 is 9.84 Å². The Morgan fingerprint density at radius 1 is 1.04 bits per heavy atom. The van der Waals surface area contributed by atoms with Crippen LogP contribution in [0.25, 0.3) is 0 Å². The summed E-state index contributed by atoms with van der Waals surface area (Å²) in [6, 6.07) is 16.3. The first-order chi connectivity index (χ1) is 13.5. The van der Waals surface area contributed by atoms with Crippen LogP contribution < -0.4 is 4.74 Å². The van der Waals surface area contributed by atoms with Crippen molar-refractivity contribution in [2.75, 3.05) is 12.4 Å². The molecule has 0 bridgehead atoms. The Hall–Kier alpha value is -2.32. The smallest absolute Gasteiger partial charge is 0.191 e. The van der Waals surface area contributed by atoms with Gasteiger partial charge in [0.15, 0.2) is 15.0 Å². The second-order valence-corrected chi connectivity index (χ2v) is 9.28. The molecular formula is C20H23N3O3S2. The maximum absolute atomic E-state index is 12.6. The van der Waals surface area contributed by atoms with Crippen molar-refractivity contribution in [2.24, 2.45) is 0 Å². The van der Waals surface area contributed by atoms with Crippen LogP contribution in [0.15, 0.2) is 64.6 Å². The van der Waals surface area contributed by atoms with E-state index >= 15 is 0 Å². The average Bonchev–Trinajstić information content (AvgIpc) is 3.08. The third-order valence-corrected chi connectivity index (χ3v) is 6.69. The molecule has 0 aliphatic heterocycles. The van der Waals surface area contributed by atoms with Gasteiger partial charge in [-0.2, -0.15) is 0 Å². The molecule has 6 nitrogen and oxygen atoms in total. The highest BCUT2D eigenvalue weighted by molar-refractivity contribution is 7.99. The molecule has 0 aliphatic carbocycles. The van der Waals surface area contributed by atoms with Crippen molar-refractivity contribution in [2.45, 2.75) is 36.2 Å². The van der Waals surface area contributed by atoms with Crippen LogP contribution >= 0.6 is 11.8 Å². The van der Waals surface area contributed by atoms with E-state index in [0.717, 1.165) is 5.75 Å². The van der Waals surface area contributed by atoms with Crippen molar-refractivity contribution >= 4 is 21.6 Å². The van der Waals surface area contributed by atoms with Crippen molar-refractivity contribution in [3.63, 3.8) is 0 Å². The van der Waals surface area contributed by atoms with Crippen molar-refractivity contribution in [3.8, 4) is 5.75 Å². The number of ether oxygens (including phenoxy) is 1.